The van der Waals surface area contributed by atoms with E-state index < -0.39 is 5.54 Å². The molecule has 3 rings (SSSR count). The number of amides is 1. The van der Waals surface area contributed by atoms with Crippen molar-refractivity contribution in [3.05, 3.63) is 0 Å². The van der Waals surface area contributed by atoms with Gasteiger partial charge in [-0.2, -0.15) is 0 Å². The highest BCUT2D eigenvalue weighted by atomic mass is 16.6. The molecule has 0 bridgehead atoms. The van der Waals surface area contributed by atoms with Gasteiger partial charge in [0.15, 0.2) is 5.54 Å². The molecule has 2 heterocycles. The second kappa shape index (κ2) is 4.93. The largest absolute Gasteiger partial charge is 0.461 e. The highest BCUT2D eigenvalue weighted by Crippen LogP contribution is 2.55. The lowest BCUT2D eigenvalue weighted by Gasteiger charge is -2.21. The minimum absolute atomic E-state index is 0.000648. The highest BCUT2D eigenvalue weighted by Gasteiger charge is 2.76. The third kappa shape index (κ3) is 1.90. The summed E-state index contributed by atoms with van der Waals surface area (Å²) in [5, 5.41) is 0. The standard InChI is InChI=1S/C15H23NO4/c1-3-19-14(18)16-12(11-7-5-4-6-8-11)15(16)9-10(2)20-13(15)17/h10-12H,3-9H2,1-2H3/t10-,12-,15-,16?/m0/s1. The summed E-state index contributed by atoms with van der Waals surface area (Å²) in [4.78, 5) is 26.1. The van der Waals surface area contributed by atoms with Crippen molar-refractivity contribution in [2.45, 2.75) is 70.1 Å². The van der Waals surface area contributed by atoms with Crippen LogP contribution in [0.25, 0.3) is 0 Å². The van der Waals surface area contributed by atoms with E-state index in [0.29, 0.717) is 18.9 Å². The first kappa shape index (κ1) is 13.7. The predicted octanol–water partition coefficient (Wildman–Crippen LogP) is 2.48. The summed E-state index contributed by atoms with van der Waals surface area (Å²) in [6.45, 7) is 4.03. The molecular formula is C15H23NO4. The minimum atomic E-state index is -0.715. The molecule has 5 nitrogen and oxygen atoms in total. The second-order valence-electron chi connectivity index (χ2n) is 6.26. The molecule has 0 aromatic heterocycles. The Hall–Kier alpha value is -1.26. The van der Waals surface area contributed by atoms with Crippen LogP contribution in [-0.4, -0.2) is 41.3 Å². The Balaban J connectivity index is 1.82. The van der Waals surface area contributed by atoms with E-state index in [2.05, 4.69) is 0 Å². The molecule has 112 valence electrons. The van der Waals surface area contributed by atoms with Gasteiger partial charge in [-0.25, -0.2) is 9.59 Å². The summed E-state index contributed by atoms with van der Waals surface area (Å²) in [5.74, 6) is 0.194. The van der Waals surface area contributed by atoms with Crippen molar-refractivity contribution in [2.24, 2.45) is 5.92 Å². The molecule has 0 unspecified atom stereocenters. The van der Waals surface area contributed by atoms with E-state index in [-0.39, 0.29) is 24.2 Å². The number of carbonyl (C=O) groups excluding carboxylic acids is 2. The summed E-state index contributed by atoms with van der Waals surface area (Å²) in [5.41, 5.74) is -0.715. The van der Waals surface area contributed by atoms with Gasteiger partial charge < -0.3 is 9.47 Å². The van der Waals surface area contributed by atoms with Gasteiger partial charge in [0, 0.05) is 6.42 Å². The maximum Gasteiger partial charge on any atom is 0.411 e. The van der Waals surface area contributed by atoms with Crippen molar-refractivity contribution in [1.29, 1.82) is 0 Å². The SMILES string of the molecule is CCOC(=O)N1[C@@H](C2CCCCC2)[C@]12C[C@H](C)OC2=O. The summed E-state index contributed by atoms with van der Waals surface area (Å²) >= 11 is 0. The van der Waals surface area contributed by atoms with Crippen LogP contribution in [0.1, 0.15) is 52.4 Å². The zero-order valence-corrected chi connectivity index (χ0v) is 12.3. The zero-order chi connectivity index (χ0) is 14.3. The average Bonchev–Trinajstić information content (AvgIpc) is 3.00. The molecule has 1 saturated carbocycles. The number of carbonyl (C=O) groups is 2. The topological polar surface area (TPSA) is 55.6 Å². The van der Waals surface area contributed by atoms with Crippen LogP contribution in [0.4, 0.5) is 4.79 Å². The van der Waals surface area contributed by atoms with Crippen LogP contribution >= 0.6 is 0 Å². The first-order chi connectivity index (χ1) is 9.61. The molecule has 5 heteroatoms. The maximum absolute atomic E-state index is 12.3. The lowest BCUT2D eigenvalue weighted by molar-refractivity contribution is -0.143. The minimum Gasteiger partial charge on any atom is -0.461 e. The van der Waals surface area contributed by atoms with E-state index in [1.54, 1.807) is 11.8 Å². The number of ether oxygens (including phenoxy) is 2. The Morgan fingerprint density at radius 2 is 2.10 bits per heavy atom. The molecule has 3 fully saturated rings. The fourth-order valence-corrected chi connectivity index (χ4v) is 4.16. The van der Waals surface area contributed by atoms with Crippen molar-refractivity contribution >= 4 is 12.1 Å². The summed E-state index contributed by atoms with van der Waals surface area (Å²) < 4.78 is 10.5. The molecule has 0 aromatic carbocycles. The van der Waals surface area contributed by atoms with Crippen molar-refractivity contribution < 1.29 is 19.1 Å². The normalized spacial score (nSPS) is 37.1. The number of cyclic esters (lactones) is 1. The lowest BCUT2D eigenvalue weighted by atomic mass is 9.82. The lowest BCUT2D eigenvalue weighted by Crippen LogP contribution is -2.29. The first-order valence-corrected chi connectivity index (χ1v) is 7.78. The molecule has 3 atom stereocenters. The van der Waals surface area contributed by atoms with Crippen LogP contribution in [0.15, 0.2) is 0 Å². The molecule has 3 aliphatic rings. The number of nitrogens with zero attached hydrogens (tertiary/aromatic N) is 1. The van der Waals surface area contributed by atoms with Crippen molar-refractivity contribution in [3.8, 4) is 0 Å². The third-order valence-electron chi connectivity index (χ3n) is 4.95. The number of esters is 1. The predicted molar refractivity (Wildman–Crippen MR) is 72.1 cm³/mol. The molecule has 0 aromatic rings. The Bertz CT molecular complexity index is 418. The van der Waals surface area contributed by atoms with Gasteiger partial charge in [0.25, 0.3) is 0 Å². The second-order valence-corrected chi connectivity index (χ2v) is 6.26. The monoisotopic (exact) mass is 281 g/mol. The van der Waals surface area contributed by atoms with Crippen molar-refractivity contribution in [3.63, 3.8) is 0 Å². The Kier molecular flexibility index (Phi) is 3.38. The van der Waals surface area contributed by atoms with E-state index in [0.717, 1.165) is 12.8 Å². The van der Waals surface area contributed by atoms with Gasteiger partial charge in [0.1, 0.15) is 6.10 Å². The van der Waals surface area contributed by atoms with Crippen LogP contribution in [0.5, 0.6) is 0 Å². The summed E-state index contributed by atoms with van der Waals surface area (Å²) in [6.07, 6.45) is 6.01. The smallest absolute Gasteiger partial charge is 0.411 e. The van der Waals surface area contributed by atoms with E-state index in [4.69, 9.17) is 9.47 Å². The molecule has 20 heavy (non-hydrogen) atoms. The van der Waals surface area contributed by atoms with E-state index >= 15 is 0 Å². The fourth-order valence-electron chi connectivity index (χ4n) is 4.16. The summed E-state index contributed by atoms with van der Waals surface area (Å²) in [6, 6.07) is -0.000648. The van der Waals surface area contributed by atoms with Crippen LogP contribution in [0.3, 0.4) is 0 Å². The van der Waals surface area contributed by atoms with Crippen molar-refractivity contribution in [1.82, 2.24) is 4.90 Å². The first-order valence-electron chi connectivity index (χ1n) is 7.78. The molecule has 0 radical (unpaired) electrons. The van der Waals surface area contributed by atoms with Gasteiger partial charge in [-0.3, -0.25) is 4.90 Å². The number of hydrogen-bond donors (Lipinski definition) is 0. The van der Waals surface area contributed by atoms with Gasteiger partial charge in [-0.1, -0.05) is 19.3 Å². The van der Waals surface area contributed by atoms with Crippen LogP contribution < -0.4 is 0 Å². The zero-order valence-electron chi connectivity index (χ0n) is 12.3. The van der Waals surface area contributed by atoms with Crippen LogP contribution in [0, 0.1) is 5.92 Å². The Morgan fingerprint density at radius 1 is 1.40 bits per heavy atom. The van der Waals surface area contributed by atoms with E-state index in [1.807, 2.05) is 6.92 Å². The number of rotatable bonds is 2. The molecule has 2 saturated heterocycles. The molecule has 1 spiro atoms. The Morgan fingerprint density at radius 3 is 2.65 bits per heavy atom. The van der Waals surface area contributed by atoms with Gasteiger partial charge in [-0.15, -0.1) is 0 Å². The quantitative estimate of drug-likeness (QED) is 0.576. The molecule has 0 N–H and O–H groups in total. The van der Waals surface area contributed by atoms with Crippen LogP contribution in [0.2, 0.25) is 0 Å². The number of hydrogen-bond acceptors (Lipinski definition) is 4. The van der Waals surface area contributed by atoms with Gasteiger partial charge in [0.2, 0.25) is 0 Å². The summed E-state index contributed by atoms with van der Waals surface area (Å²) in [7, 11) is 0. The van der Waals surface area contributed by atoms with E-state index in [9.17, 15) is 9.59 Å². The van der Waals surface area contributed by atoms with Gasteiger partial charge in [-0.05, 0) is 32.6 Å². The molecule has 1 amide bonds. The molecular weight excluding hydrogens is 258 g/mol. The van der Waals surface area contributed by atoms with Gasteiger partial charge in [0.05, 0.1) is 12.6 Å². The van der Waals surface area contributed by atoms with E-state index in [1.165, 1.54) is 19.3 Å². The van der Waals surface area contributed by atoms with Crippen LogP contribution in [-0.2, 0) is 14.3 Å². The average molecular weight is 281 g/mol. The Labute approximate surface area is 119 Å². The molecule has 1 aliphatic carbocycles. The molecule has 2 aliphatic heterocycles. The maximum atomic E-state index is 12.3. The van der Waals surface area contributed by atoms with Gasteiger partial charge >= 0.3 is 12.1 Å². The highest BCUT2D eigenvalue weighted by molar-refractivity contribution is 5.94. The third-order valence-corrected chi connectivity index (χ3v) is 4.95. The fraction of sp³-hybridized carbons (Fsp3) is 0.867. The van der Waals surface area contributed by atoms with Crippen molar-refractivity contribution in [2.75, 3.05) is 6.61 Å².